The Labute approximate surface area is 106 Å². The second kappa shape index (κ2) is 5.08. The molecule has 0 aliphatic heterocycles. The molecule has 0 bridgehead atoms. The van der Waals surface area contributed by atoms with Gasteiger partial charge in [0.15, 0.2) is 0 Å². The number of phenols is 1. The number of hydrogen-bond acceptors (Lipinski definition) is 2. The molecule has 2 aromatic rings. The molecule has 2 N–H and O–H groups in total. The Kier molecular flexibility index (Phi) is 3.51. The minimum absolute atomic E-state index is 0.0227. The van der Waals surface area contributed by atoms with Crippen molar-refractivity contribution in [3.8, 4) is 5.75 Å². The summed E-state index contributed by atoms with van der Waals surface area (Å²) in [6.07, 6.45) is 0.861. The smallest absolute Gasteiger partial charge is 0.255 e. The highest BCUT2D eigenvalue weighted by Crippen LogP contribution is 2.24. The van der Waals surface area contributed by atoms with Gasteiger partial charge in [-0.15, -0.1) is 0 Å². The summed E-state index contributed by atoms with van der Waals surface area (Å²) >= 11 is 0. The zero-order valence-electron chi connectivity index (χ0n) is 10.6. The molecule has 0 heterocycles. The lowest BCUT2D eigenvalue weighted by Gasteiger charge is -2.12. The van der Waals surface area contributed by atoms with Crippen LogP contribution in [0, 0.1) is 0 Å². The number of aromatic hydroxyl groups is 1. The first-order valence-corrected chi connectivity index (χ1v) is 6.14. The summed E-state index contributed by atoms with van der Waals surface area (Å²) in [4.78, 5) is 12.0. The third kappa shape index (κ3) is 2.45. The van der Waals surface area contributed by atoms with Crippen LogP contribution in [0.3, 0.4) is 0 Å². The zero-order chi connectivity index (χ0) is 13.1. The van der Waals surface area contributed by atoms with Gasteiger partial charge in [-0.1, -0.05) is 31.2 Å². The van der Waals surface area contributed by atoms with E-state index in [0.29, 0.717) is 5.56 Å². The van der Waals surface area contributed by atoms with Crippen LogP contribution < -0.4 is 5.32 Å². The Morgan fingerprint density at radius 3 is 2.50 bits per heavy atom. The molecular formula is C15H17NO2. The summed E-state index contributed by atoms with van der Waals surface area (Å²) in [5.41, 5.74) is 0.328. The van der Waals surface area contributed by atoms with Crippen molar-refractivity contribution in [1.82, 2.24) is 5.32 Å². The summed E-state index contributed by atoms with van der Waals surface area (Å²) in [5.74, 6) is -0.206. The van der Waals surface area contributed by atoms with Crippen molar-refractivity contribution >= 4 is 16.7 Å². The van der Waals surface area contributed by atoms with Crippen LogP contribution in [0.25, 0.3) is 10.8 Å². The van der Waals surface area contributed by atoms with Crippen molar-refractivity contribution in [2.75, 3.05) is 0 Å². The summed E-state index contributed by atoms with van der Waals surface area (Å²) in [7, 11) is 0. The number of carbonyl (C=O) groups is 1. The van der Waals surface area contributed by atoms with Gasteiger partial charge in [-0.05, 0) is 36.2 Å². The van der Waals surface area contributed by atoms with Gasteiger partial charge in [-0.25, -0.2) is 0 Å². The number of phenolic OH excluding ortho intramolecular Hbond substituents is 1. The van der Waals surface area contributed by atoms with Crippen molar-refractivity contribution in [1.29, 1.82) is 0 Å². The largest absolute Gasteiger partial charge is 0.507 e. The molecule has 1 amide bonds. The number of benzene rings is 2. The highest BCUT2D eigenvalue weighted by Gasteiger charge is 2.13. The Hall–Kier alpha value is -2.03. The highest BCUT2D eigenvalue weighted by atomic mass is 16.3. The van der Waals surface area contributed by atoms with Crippen LogP contribution in [0.5, 0.6) is 5.75 Å². The van der Waals surface area contributed by atoms with Crippen LogP contribution in [0.4, 0.5) is 0 Å². The molecular weight excluding hydrogens is 226 g/mol. The Balaban J connectivity index is 2.38. The maximum atomic E-state index is 12.0. The van der Waals surface area contributed by atoms with E-state index in [2.05, 4.69) is 5.32 Å². The van der Waals surface area contributed by atoms with Crippen LogP contribution in [-0.4, -0.2) is 17.1 Å². The van der Waals surface area contributed by atoms with Gasteiger partial charge in [-0.2, -0.15) is 0 Å². The van der Waals surface area contributed by atoms with Crippen molar-refractivity contribution in [2.45, 2.75) is 26.3 Å². The first-order valence-electron chi connectivity index (χ1n) is 6.14. The molecule has 3 heteroatoms. The lowest BCUT2D eigenvalue weighted by atomic mass is 10.1. The first kappa shape index (κ1) is 12.4. The average Bonchev–Trinajstić information content (AvgIpc) is 2.37. The van der Waals surface area contributed by atoms with E-state index in [4.69, 9.17) is 0 Å². The minimum Gasteiger partial charge on any atom is -0.507 e. The SMILES string of the molecule is CC[C@H](C)NC(=O)c1cc2ccccc2cc1O. The zero-order valence-corrected chi connectivity index (χ0v) is 10.6. The number of amides is 1. The van der Waals surface area contributed by atoms with Gasteiger partial charge >= 0.3 is 0 Å². The van der Waals surface area contributed by atoms with E-state index in [1.165, 1.54) is 0 Å². The molecule has 2 aromatic carbocycles. The number of carbonyl (C=O) groups excluding carboxylic acids is 1. The predicted molar refractivity (Wildman–Crippen MR) is 72.8 cm³/mol. The minimum atomic E-state index is -0.229. The van der Waals surface area contributed by atoms with E-state index in [1.807, 2.05) is 38.1 Å². The van der Waals surface area contributed by atoms with Crippen molar-refractivity contribution in [2.24, 2.45) is 0 Å². The Bertz CT molecular complexity index is 578. The number of hydrogen-bond donors (Lipinski definition) is 2. The Morgan fingerprint density at radius 2 is 1.89 bits per heavy atom. The van der Waals surface area contributed by atoms with Crippen molar-refractivity contribution < 1.29 is 9.90 Å². The van der Waals surface area contributed by atoms with Crippen LogP contribution in [-0.2, 0) is 0 Å². The average molecular weight is 243 g/mol. The van der Waals surface area contributed by atoms with E-state index >= 15 is 0 Å². The van der Waals surface area contributed by atoms with Gasteiger partial charge < -0.3 is 10.4 Å². The van der Waals surface area contributed by atoms with E-state index in [9.17, 15) is 9.90 Å². The fourth-order valence-electron chi connectivity index (χ4n) is 1.81. The summed E-state index contributed by atoms with van der Waals surface area (Å²) in [6.45, 7) is 3.95. The first-order chi connectivity index (χ1) is 8.61. The molecule has 3 nitrogen and oxygen atoms in total. The molecule has 2 rings (SSSR count). The van der Waals surface area contributed by atoms with Gasteiger partial charge in [0.25, 0.3) is 5.91 Å². The van der Waals surface area contributed by atoms with Crippen LogP contribution in [0.1, 0.15) is 30.6 Å². The molecule has 18 heavy (non-hydrogen) atoms. The molecule has 0 aromatic heterocycles. The van der Waals surface area contributed by atoms with Crippen LogP contribution in [0.15, 0.2) is 36.4 Å². The molecule has 0 unspecified atom stereocenters. The Morgan fingerprint density at radius 1 is 1.28 bits per heavy atom. The summed E-state index contributed by atoms with van der Waals surface area (Å²) in [5, 5.41) is 14.6. The molecule has 0 spiro atoms. The summed E-state index contributed by atoms with van der Waals surface area (Å²) < 4.78 is 0. The molecule has 0 aliphatic rings. The number of nitrogens with one attached hydrogen (secondary N) is 1. The van der Waals surface area contributed by atoms with E-state index < -0.39 is 0 Å². The topological polar surface area (TPSA) is 49.3 Å². The molecule has 1 atom stereocenters. The van der Waals surface area contributed by atoms with E-state index in [0.717, 1.165) is 17.2 Å². The van der Waals surface area contributed by atoms with Gasteiger partial charge in [-0.3, -0.25) is 4.79 Å². The predicted octanol–water partition coefficient (Wildman–Crippen LogP) is 3.07. The summed E-state index contributed by atoms with van der Waals surface area (Å²) in [6, 6.07) is 11.1. The van der Waals surface area contributed by atoms with Gasteiger partial charge in [0.05, 0.1) is 5.56 Å². The van der Waals surface area contributed by atoms with Crippen molar-refractivity contribution in [3.63, 3.8) is 0 Å². The normalized spacial score (nSPS) is 12.3. The molecule has 0 aliphatic carbocycles. The third-order valence-corrected chi connectivity index (χ3v) is 3.10. The molecule has 94 valence electrons. The third-order valence-electron chi connectivity index (χ3n) is 3.10. The molecule has 0 saturated carbocycles. The number of rotatable bonds is 3. The highest BCUT2D eigenvalue weighted by molar-refractivity contribution is 6.01. The molecule has 0 fully saturated rings. The quantitative estimate of drug-likeness (QED) is 0.870. The fourth-order valence-corrected chi connectivity index (χ4v) is 1.81. The second-order valence-electron chi connectivity index (χ2n) is 4.50. The van der Waals surface area contributed by atoms with Gasteiger partial charge in [0.2, 0.25) is 0 Å². The fraction of sp³-hybridized carbons (Fsp3) is 0.267. The second-order valence-corrected chi connectivity index (χ2v) is 4.50. The van der Waals surface area contributed by atoms with Crippen molar-refractivity contribution in [3.05, 3.63) is 42.0 Å². The number of fused-ring (bicyclic) bond motifs is 1. The van der Waals surface area contributed by atoms with E-state index in [-0.39, 0.29) is 17.7 Å². The van der Waals surface area contributed by atoms with Crippen LogP contribution in [0.2, 0.25) is 0 Å². The monoisotopic (exact) mass is 243 g/mol. The standard InChI is InChI=1S/C15H17NO2/c1-3-10(2)16-15(18)13-8-11-6-4-5-7-12(11)9-14(13)17/h4-10,17H,3H2,1-2H3,(H,16,18)/t10-/m0/s1. The van der Waals surface area contributed by atoms with E-state index in [1.54, 1.807) is 12.1 Å². The molecule has 0 saturated heterocycles. The van der Waals surface area contributed by atoms with Gasteiger partial charge in [0, 0.05) is 6.04 Å². The lowest BCUT2D eigenvalue weighted by Crippen LogP contribution is -2.31. The maximum absolute atomic E-state index is 12.0. The maximum Gasteiger partial charge on any atom is 0.255 e. The molecule has 0 radical (unpaired) electrons. The van der Waals surface area contributed by atoms with Crippen LogP contribution >= 0.6 is 0 Å². The lowest BCUT2D eigenvalue weighted by molar-refractivity contribution is 0.0937. The van der Waals surface area contributed by atoms with Gasteiger partial charge in [0.1, 0.15) is 5.75 Å².